The molecule has 1 aromatic carbocycles. The summed E-state index contributed by atoms with van der Waals surface area (Å²) in [6.45, 7) is 0. The molecule has 0 saturated heterocycles. The number of nitrogens with two attached hydrogens (primary N) is 1. The number of rotatable bonds is 1. The third-order valence-corrected chi connectivity index (χ3v) is 3.36. The van der Waals surface area contributed by atoms with Gasteiger partial charge in [-0.25, -0.2) is 4.39 Å². The quantitative estimate of drug-likeness (QED) is 0.484. The largest absolute Gasteiger partial charge is 0.494 e. The van der Waals surface area contributed by atoms with Crippen molar-refractivity contribution in [3.63, 3.8) is 0 Å². The van der Waals surface area contributed by atoms with E-state index in [2.05, 4.69) is 31.9 Å². The minimum Gasteiger partial charge on any atom is -0.494 e. The van der Waals surface area contributed by atoms with Gasteiger partial charge >= 0.3 is 0 Å². The van der Waals surface area contributed by atoms with Gasteiger partial charge in [-0.05, 0) is 31.9 Å². The summed E-state index contributed by atoms with van der Waals surface area (Å²) in [5.41, 5.74) is 5.78. The summed E-state index contributed by atoms with van der Waals surface area (Å²) in [5.74, 6) is -0.431. The lowest BCUT2D eigenvalue weighted by molar-refractivity contribution is 0.409. The highest BCUT2D eigenvalue weighted by Gasteiger charge is 2.19. The van der Waals surface area contributed by atoms with Gasteiger partial charge in [0.15, 0.2) is 11.6 Å². The van der Waals surface area contributed by atoms with Crippen molar-refractivity contribution in [2.24, 2.45) is 0 Å². The Balaban J connectivity index is 3.56. The standard InChI is InChI=1S/C7H5Br2ClFNO/c1-13-7-3(9)6(12)2(8)5(11)4(7)10/h12H2,1H3. The molecule has 1 aromatic rings. The molecule has 6 heteroatoms. The van der Waals surface area contributed by atoms with Crippen LogP contribution in [-0.4, -0.2) is 7.11 Å². The van der Waals surface area contributed by atoms with Crippen LogP contribution in [0.25, 0.3) is 0 Å². The van der Waals surface area contributed by atoms with Gasteiger partial charge in [-0.3, -0.25) is 0 Å². The Morgan fingerprint density at radius 2 is 1.92 bits per heavy atom. The lowest BCUT2D eigenvalue weighted by atomic mass is 10.3. The first-order valence-corrected chi connectivity index (χ1v) is 5.12. The molecule has 0 aliphatic carbocycles. The molecule has 0 unspecified atom stereocenters. The molecule has 2 N–H and O–H groups in total. The molecule has 0 aliphatic rings. The van der Waals surface area contributed by atoms with Crippen LogP contribution in [0.2, 0.25) is 5.02 Å². The maximum Gasteiger partial charge on any atom is 0.161 e. The van der Waals surface area contributed by atoms with Crippen LogP contribution in [0.5, 0.6) is 5.75 Å². The van der Waals surface area contributed by atoms with E-state index in [1.165, 1.54) is 7.11 Å². The van der Waals surface area contributed by atoms with Crippen LogP contribution in [0, 0.1) is 5.82 Å². The average Bonchev–Trinajstić information content (AvgIpc) is 2.13. The molecular formula is C7H5Br2ClFNO. The zero-order chi connectivity index (χ0) is 10.2. The number of benzene rings is 1. The minimum absolute atomic E-state index is 0.101. The van der Waals surface area contributed by atoms with E-state index in [0.717, 1.165) is 0 Å². The molecule has 0 saturated carbocycles. The molecule has 0 amide bonds. The SMILES string of the molecule is COc1c(Cl)c(F)c(Br)c(N)c1Br. The van der Waals surface area contributed by atoms with E-state index in [-0.39, 0.29) is 20.9 Å². The van der Waals surface area contributed by atoms with Crippen LogP contribution >= 0.6 is 43.5 Å². The monoisotopic (exact) mass is 331 g/mol. The molecule has 13 heavy (non-hydrogen) atoms. The summed E-state index contributed by atoms with van der Waals surface area (Å²) in [5, 5.41) is -0.101. The number of nitrogen functional groups attached to an aromatic ring is 1. The first kappa shape index (κ1) is 11.1. The van der Waals surface area contributed by atoms with Gasteiger partial charge < -0.3 is 10.5 Å². The molecule has 0 heterocycles. The van der Waals surface area contributed by atoms with Crippen LogP contribution in [-0.2, 0) is 0 Å². The topological polar surface area (TPSA) is 35.2 Å². The van der Waals surface area contributed by atoms with Crippen LogP contribution in [0.4, 0.5) is 10.1 Å². The van der Waals surface area contributed by atoms with Crippen molar-refractivity contribution in [3.8, 4) is 5.75 Å². The molecule has 0 aromatic heterocycles. The van der Waals surface area contributed by atoms with Gasteiger partial charge in [0.2, 0.25) is 0 Å². The molecule has 0 bridgehead atoms. The fraction of sp³-hybridized carbons (Fsp3) is 0.143. The predicted octanol–water partition coefficient (Wildman–Crippen LogP) is 3.59. The second kappa shape index (κ2) is 4.02. The highest BCUT2D eigenvalue weighted by Crippen LogP contribution is 2.43. The first-order valence-electron chi connectivity index (χ1n) is 3.16. The van der Waals surface area contributed by atoms with Crippen molar-refractivity contribution in [1.29, 1.82) is 0 Å². The molecule has 2 nitrogen and oxygen atoms in total. The molecule has 0 atom stereocenters. The predicted molar refractivity (Wildman–Crippen MR) is 57.8 cm³/mol. The molecule has 72 valence electrons. The first-order chi connectivity index (χ1) is 6.00. The Morgan fingerprint density at radius 1 is 1.38 bits per heavy atom. The van der Waals surface area contributed by atoms with Crippen molar-refractivity contribution in [2.75, 3.05) is 12.8 Å². The highest BCUT2D eigenvalue weighted by molar-refractivity contribution is 9.11. The Hall–Kier alpha value is -0.0000000000000000555. The summed E-state index contributed by atoms with van der Waals surface area (Å²) in [6, 6.07) is 0. The van der Waals surface area contributed by atoms with E-state index >= 15 is 0 Å². The summed E-state index contributed by atoms with van der Waals surface area (Å²) >= 11 is 11.8. The van der Waals surface area contributed by atoms with Crippen molar-refractivity contribution < 1.29 is 9.13 Å². The number of hydrogen-bond acceptors (Lipinski definition) is 2. The number of hydrogen-bond donors (Lipinski definition) is 1. The highest BCUT2D eigenvalue weighted by atomic mass is 79.9. The smallest absolute Gasteiger partial charge is 0.161 e. The van der Waals surface area contributed by atoms with E-state index in [1.807, 2.05) is 0 Å². The fourth-order valence-electron chi connectivity index (χ4n) is 0.808. The third kappa shape index (κ3) is 1.78. The summed E-state index contributed by atoms with van der Waals surface area (Å²) in [7, 11) is 1.39. The Bertz CT molecular complexity index is 330. The normalized spacial score (nSPS) is 10.2. The number of methoxy groups -OCH3 is 1. The van der Waals surface area contributed by atoms with Gasteiger partial charge in [-0.15, -0.1) is 0 Å². The molecular weight excluding hydrogens is 328 g/mol. The summed E-state index contributed by atoms with van der Waals surface area (Å²) < 4.78 is 18.7. The Kier molecular flexibility index (Phi) is 3.43. The molecule has 1 rings (SSSR count). The molecule has 0 radical (unpaired) electrons. The second-order valence-corrected chi connectivity index (χ2v) is 4.17. The van der Waals surface area contributed by atoms with Gasteiger partial charge in [0.1, 0.15) is 5.02 Å². The third-order valence-electron chi connectivity index (χ3n) is 1.46. The average molecular weight is 333 g/mol. The zero-order valence-electron chi connectivity index (χ0n) is 6.50. The van der Waals surface area contributed by atoms with Crippen molar-refractivity contribution >= 4 is 49.1 Å². The van der Waals surface area contributed by atoms with E-state index in [9.17, 15) is 4.39 Å². The second-order valence-electron chi connectivity index (χ2n) is 2.20. The van der Waals surface area contributed by atoms with Crippen molar-refractivity contribution in [3.05, 3.63) is 19.8 Å². The van der Waals surface area contributed by atoms with Crippen LogP contribution in [0.15, 0.2) is 8.95 Å². The van der Waals surface area contributed by atoms with E-state index < -0.39 is 5.82 Å². The van der Waals surface area contributed by atoms with Crippen molar-refractivity contribution in [1.82, 2.24) is 0 Å². The molecule has 0 aliphatic heterocycles. The minimum atomic E-state index is -0.626. The van der Waals surface area contributed by atoms with Gasteiger partial charge in [-0.1, -0.05) is 11.6 Å². The van der Waals surface area contributed by atoms with Gasteiger partial charge in [0.25, 0.3) is 0 Å². The van der Waals surface area contributed by atoms with Crippen molar-refractivity contribution in [2.45, 2.75) is 0 Å². The van der Waals surface area contributed by atoms with Gasteiger partial charge in [0, 0.05) is 0 Å². The maximum absolute atomic E-state index is 13.3. The number of halogens is 4. The van der Waals surface area contributed by atoms with Crippen LogP contribution < -0.4 is 10.5 Å². The Morgan fingerprint density at radius 3 is 2.38 bits per heavy atom. The van der Waals surface area contributed by atoms with Gasteiger partial charge in [-0.2, -0.15) is 0 Å². The van der Waals surface area contributed by atoms with E-state index in [1.54, 1.807) is 0 Å². The van der Waals surface area contributed by atoms with Crippen LogP contribution in [0.1, 0.15) is 0 Å². The lowest BCUT2D eigenvalue weighted by Crippen LogP contribution is -1.97. The van der Waals surface area contributed by atoms with Crippen LogP contribution in [0.3, 0.4) is 0 Å². The lowest BCUT2D eigenvalue weighted by Gasteiger charge is -2.10. The zero-order valence-corrected chi connectivity index (χ0v) is 10.4. The Labute approximate surface area is 96.5 Å². The molecule has 0 fully saturated rings. The van der Waals surface area contributed by atoms with Gasteiger partial charge in [0.05, 0.1) is 21.7 Å². The maximum atomic E-state index is 13.3. The number of anilines is 1. The molecule has 0 spiro atoms. The fourth-order valence-corrected chi connectivity index (χ4v) is 2.52. The van der Waals surface area contributed by atoms with E-state index in [0.29, 0.717) is 4.47 Å². The van der Waals surface area contributed by atoms with E-state index in [4.69, 9.17) is 22.1 Å². The number of ether oxygens (including phenoxy) is 1. The summed E-state index contributed by atoms with van der Waals surface area (Å²) in [4.78, 5) is 0. The summed E-state index contributed by atoms with van der Waals surface area (Å²) in [6.07, 6.45) is 0.